The average Bonchev–Trinajstić information content (AvgIpc) is 2.77. The monoisotopic (exact) mass is 232 g/mol. The average molecular weight is 232 g/mol. The fourth-order valence-electron chi connectivity index (χ4n) is 2.81. The van der Waals surface area contributed by atoms with Gasteiger partial charge in [-0.1, -0.05) is 29.8 Å². The molecule has 1 aromatic rings. The molecule has 1 saturated heterocycles. The van der Waals surface area contributed by atoms with Crippen LogP contribution in [0.25, 0.3) is 0 Å². The molecule has 1 heterocycles. The van der Waals surface area contributed by atoms with Crippen molar-refractivity contribution >= 4 is 0 Å². The van der Waals surface area contributed by atoms with E-state index in [1.807, 2.05) is 7.05 Å². The predicted molar refractivity (Wildman–Crippen MR) is 73.2 cm³/mol. The zero-order valence-corrected chi connectivity index (χ0v) is 11.2. The van der Waals surface area contributed by atoms with E-state index in [9.17, 15) is 0 Å². The molecule has 1 aliphatic heterocycles. The Kier molecular flexibility index (Phi) is 4.19. The number of hydrogen-bond acceptors (Lipinski definition) is 2. The van der Waals surface area contributed by atoms with Crippen molar-refractivity contribution in [3.8, 4) is 0 Å². The molecule has 2 atom stereocenters. The summed E-state index contributed by atoms with van der Waals surface area (Å²) in [6, 6.07) is 9.46. The lowest BCUT2D eigenvalue weighted by Crippen LogP contribution is -2.27. The van der Waals surface area contributed by atoms with E-state index in [4.69, 9.17) is 0 Å². The van der Waals surface area contributed by atoms with Gasteiger partial charge in [-0.3, -0.25) is 4.90 Å². The Morgan fingerprint density at radius 3 is 3.00 bits per heavy atom. The fraction of sp³-hybridized carbons (Fsp3) is 0.600. The van der Waals surface area contributed by atoms with Gasteiger partial charge in [-0.2, -0.15) is 0 Å². The Balaban J connectivity index is 1.99. The highest BCUT2D eigenvalue weighted by Crippen LogP contribution is 2.27. The summed E-state index contributed by atoms with van der Waals surface area (Å²) in [7, 11) is 2.05. The second-order valence-electron chi connectivity index (χ2n) is 5.30. The third-order valence-electron chi connectivity index (χ3n) is 3.88. The predicted octanol–water partition coefficient (Wildman–Crippen LogP) is 2.60. The molecular formula is C15H24N2. The molecule has 1 N–H and O–H groups in total. The summed E-state index contributed by atoms with van der Waals surface area (Å²) >= 11 is 0. The first-order valence-electron chi connectivity index (χ1n) is 6.66. The molecule has 1 fully saturated rings. The van der Waals surface area contributed by atoms with Crippen molar-refractivity contribution in [1.29, 1.82) is 0 Å². The molecule has 0 spiro atoms. The first kappa shape index (κ1) is 12.6. The Morgan fingerprint density at radius 2 is 2.29 bits per heavy atom. The van der Waals surface area contributed by atoms with Crippen molar-refractivity contribution in [2.24, 2.45) is 5.92 Å². The molecule has 94 valence electrons. The Labute approximate surface area is 105 Å². The third kappa shape index (κ3) is 3.08. The molecule has 2 unspecified atom stereocenters. The molecule has 17 heavy (non-hydrogen) atoms. The van der Waals surface area contributed by atoms with Crippen molar-refractivity contribution in [2.45, 2.75) is 26.3 Å². The zero-order chi connectivity index (χ0) is 12.3. The molecule has 0 radical (unpaired) electrons. The summed E-state index contributed by atoms with van der Waals surface area (Å²) in [6.07, 6.45) is 1.33. The minimum atomic E-state index is 0.553. The summed E-state index contributed by atoms with van der Waals surface area (Å²) < 4.78 is 0. The maximum atomic E-state index is 3.29. The van der Waals surface area contributed by atoms with Crippen molar-refractivity contribution in [2.75, 3.05) is 26.7 Å². The van der Waals surface area contributed by atoms with Crippen LogP contribution in [0, 0.1) is 12.8 Å². The van der Waals surface area contributed by atoms with Crippen molar-refractivity contribution in [1.82, 2.24) is 10.2 Å². The third-order valence-corrected chi connectivity index (χ3v) is 3.88. The number of benzene rings is 1. The van der Waals surface area contributed by atoms with E-state index in [0.29, 0.717) is 6.04 Å². The van der Waals surface area contributed by atoms with Crippen LogP contribution < -0.4 is 5.32 Å². The molecule has 0 saturated carbocycles. The van der Waals surface area contributed by atoms with Gasteiger partial charge < -0.3 is 5.32 Å². The molecule has 2 nitrogen and oxygen atoms in total. The number of rotatable bonds is 4. The standard InChI is InChI=1S/C15H24N2/c1-12-5-4-6-15(9-12)13(2)17-8-7-14(11-17)10-16-3/h4-6,9,13-14,16H,7-8,10-11H2,1-3H3. The number of hydrogen-bond donors (Lipinski definition) is 1. The Hall–Kier alpha value is -0.860. The molecule has 0 aliphatic carbocycles. The van der Waals surface area contributed by atoms with Crippen LogP contribution in [-0.4, -0.2) is 31.6 Å². The van der Waals surface area contributed by atoms with E-state index >= 15 is 0 Å². The van der Waals surface area contributed by atoms with Crippen LogP contribution in [0.15, 0.2) is 24.3 Å². The first-order valence-corrected chi connectivity index (χ1v) is 6.66. The molecule has 1 aliphatic rings. The fourth-order valence-corrected chi connectivity index (χ4v) is 2.81. The van der Waals surface area contributed by atoms with Gasteiger partial charge in [-0.15, -0.1) is 0 Å². The molecule has 2 rings (SSSR count). The number of nitrogens with one attached hydrogen (secondary N) is 1. The minimum absolute atomic E-state index is 0.553. The smallest absolute Gasteiger partial charge is 0.0320 e. The second-order valence-corrected chi connectivity index (χ2v) is 5.30. The van der Waals surface area contributed by atoms with Gasteiger partial charge in [0.15, 0.2) is 0 Å². The lowest BCUT2D eigenvalue weighted by Gasteiger charge is -2.25. The van der Waals surface area contributed by atoms with Crippen LogP contribution in [0.2, 0.25) is 0 Å². The second kappa shape index (κ2) is 5.65. The topological polar surface area (TPSA) is 15.3 Å². The van der Waals surface area contributed by atoms with Gasteiger partial charge >= 0.3 is 0 Å². The van der Waals surface area contributed by atoms with E-state index in [0.717, 1.165) is 12.5 Å². The van der Waals surface area contributed by atoms with Crippen LogP contribution in [0.4, 0.5) is 0 Å². The van der Waals surface area contributed by atoms with Crippen molar-refractivity contribution in [3.63, 3.8) is 0 Å². The normalized spacial score (nSPS) is 22.9. The Bertz CT molecular complexity index is 362. The van der Waals surface area contributed by atoms with E-state index < -0.39 is 0 Å². The van der Waals surface area contributed by atoms with E-state index in [-0.39, 0.29) is 0 Å². The number of nitrogens with zero attached hydrogens (tertiary/aromatic N) is 1. The highest BCUT2D eigenvalue weighted by molar-refractivity contribution is 5.24. The molecule has 1 aromatic carbocycles. The molecule has 0 aromatic heterocycles. The first-order chi connectivity index (χ1) is 8.20. The SMILES string of the molecule is CNCC1CCN(C(C)c2cccc(C)c2)C1. The minimum Gasteiger partial charge on any atom is -0.319 e. The van der Waals surface area contributed by atoms with Gasteiger partial charge in [0.2, 0.25) is 0 Å². The highest BCUT2D eigenvalue weighted by atomic mass is 15.2. The largest absolute Gasteiger partial charge is 0.319 e. The van der Waals surface area contributed by atoms with Gasteiger partial charge in [0, 0.05) is 12.6 Å². The van der Waals surface area contributed by atoms with E-state index in [1.54, 1.807) is 0 Å². The molecule has 0 bridgehead atoms. The van der Waals surface area contributed by atoms with Crippen LogP contribution >= 0.6 is 0 Å². The van der Waals surface area contributed by atoms with Crippen molar-refractivity contribution in [3.05, 3.63) is 35.4 Å². The molecule has 2 heteroatoms. The van der Waals surface area contributed by atoms with Crippen molar-refractivity contribution < 1.29 is 0 Å². The maximum absolute atomic E-state index is 3.29. The summed E-state index contributed by atoms with van der Waals surface area (Å²) in [4.78, 5) is 2.61. The lowest BCUT2D eigenvalue weighted by molar-refractivity contribution is 0.252. The Morgan fingerprint density at radius 1 is 1.47 bits per heavy atom. The summed E-state index contributed by atoms with van der Waals surface area (Å²) in [5.41, 5.74) is 2.82. The van der Waals surface area contributed by atoms with Gasteiger partial charge in [-0.25, -0.2) is 0 Å². The lowest BCUT2D eigenvalue weighted by atomic mass is 10.0. The maximum Gasteiger partial charge on any atom is 0.0320 e. The zero-order valence-electron chi connectivity index (χ0n) is 11.2. The number of aryl methyl sites for hydroxylation is 1. The summed E-state index contributed by atoms with van der Waals surface area (Å²) in [5, 5.41) is 3.29. The quantitative estimate of drug-likeness (QED) is 0.858. The van der Waals surface area contributed by atoms with Gasteiger partial charge in [0.05, 0.1) is 0 Å². The highest BCUT2D eigenvalue weighted by Gasteiger charge is 2.26. The van der Waals surface area contributed by atoms with Crippen LogP contribution in [0.3, 0.4) is 0 Å². The molecule has 0 amide bonds. The van der Waals surface area contributed by atoms with Crippen LogP contribution in [-0.2, 0) is 0 Å². The van der Waals surface area contributed by atoms with E-state index in [1.165, 1.54) is 30.6 Å². The van der Waals surface area contributed by atoms with Gasteiger partial charge in [0.1, 0.15) is 0 Å². The summed E-state index contributed by atoms with van der Waals surface area (Å²) in [5.74, 6) is 0.826. The van der Waals surface area contributed by atoms with Crippen LogP contribution in [0.1, 0.15) is 30.5 Å². The van der Waals surface area contributed by atoms with Gasteiger partial charge in [0.25, 0.3) is 0 Å². The molecular weight excluding hydrogens is 208 g/mol. The summed E-state index contributed by atoms with van der Waals surface area (Å²) in [6.45, 7) is 8.12. The van der Waals surface area contributed by atoms with E-state index in [2.05, 4.69) is 48.3 Å². The van der Waals surface area contributed by atoms with Gasteiger partial charge in [-0.05, 0) is 51.9 Å². The number of likely N-dealkylation sites (tertiary alicyclic amines) is 1. The van der Waals surface area contributed by atoms with Crippen LogP contribution in [0.5, 0.6) is 0 Å².